The quantitative estimate of drug-likeness (QED) is 0.719. The number of fused-ring (bicyclic) bond motifs is 2. The van der Waals surface area contributed by atoms with Crippen LogP contribution in [0.1, 0.15) is 23.5 Å². The Balaban J connectivity index is 1.64. The SMILES string of the molecule is O=C1C[C@@H](c2ccc3c(c2)OCO3)c2c(n[nH]c2-c2ccc(Cl)cc2)N1. The molecule has 3 heterocycles. The number of aromatic amines is 1. The summed E-state index contributed by atoms with van der Waals surface area (Å²) in [6.07, 6.45) is 0.340. The van der Waals surface area contributed by atoms with E-state index < -0.39 is 0 Å². The fourth-order valence-corrected chi connectivity index (χ4v) is 3.63. The third-order valence-electron chi connectivity index (χ3n) is 4.73. The number of hydrogen-bond acceptors (Lipinski definition) is 4. The van der Waals surface area contributed by atoms with E-state index in [1.807, 2.05) is 42.5 Å². The highest BCUT2D eigenvalue weighted by molar-refractivity contribution is 6.30. The third kappa shape index (κ3) is 2.42. The van der Waals surface area contributed by atoms with E-state index in [1.165, 1.54) is 0 Å². The Bertz CT molecular complexity index is 1010. The minimum absolute atomic E-state index is 0.0608. The molecule has 0 saturated heterocycles. The second-order valence-corrected chi connectivity index (χ2v) is 6.72. The summed E-state index contributed by atoms with van der Waals surface area (Å²) < 4.78 is 10.9. The lowest BCUT2D eigenvalue weighted by Crippen LogP contribution is -2.23. The van der Waals surface area contributed by atoms with Crippen LogP contribution in [0.2, 0.25) is 5.02 Å². The Hall–Kier alpha value is -2.99. The number of benzene rings is 2. The highest BCUT2D eigenvalue weighted by Crippen LogP contribution is 2.44. The van der Waals surface area contributed by atoms with E-state index in [-0.39, 0.29) is 18.6 Å². The van der Waals surface area contributed by atoms with Gasteiger partial charge in [-0.2, -0.15) is 5.10 Å². The molecule has 7 heteroatoms. The van der Waals surface area contributed by atoms with Gasteiger partial charge in [-0.1, -0.05) is 29.8 Å². The van der Waals surface area contributed by atoms with Crippen molar-refractivity contribution in [3.8, 4) is 22.8 Å². The van der Waals surface area contributed by atoms with Crippen molar-refractivity contribution in [2.24, 2.45) is 0 Å². The van der Waals surface area contributed by atoms with E-state index >= 15 is 0 Å². The van der Waals surface area contributed by atoms with Gasteiger partial charge in [0.25, 0.3) is 0 Å². The largest absolute Gasteiger partial charge is 0.454 e. The van der Waals surface area contributed by atoms with Crippen molar-refractivity contribution in [3.05, 3.63) is 58.6 Å². The molecule has 2 aliphatic rings. The van der Waals surface area contributed by atoms with Crippen molar-refractivity contribution in [1.82, 2.24) is 10.2 Å². The Morgan fingerprint density at radius 3 is 2.73 bits per heavy atom. The van der Waals surface area contributed by atoms with E-state index in [0.717, 1.165) is 28.1 Å². The molecule has 3 aromatic rings. The zero-order valence-electron chi connectivity index (χ0n) is 13.6. The van der Waals surface area contributed by atoms with Gasteiger partial charge in [-0.25, -0.2) is 0 Å². The van der Waals surface area contributed by atoms with Crippen molar-refractivity contribution in [2.45, 2.75) is 12.3 Å². The molecule has 1 atom stereocenters. The zero-order valence-corrected chi connectivity index (χ0v) is 14.3. The third-order valence-corrected chi connectivity index (χ3v) is 4.98. The number of nitrogens with zero attached hydrogens (tertiary/aromatic N) is 1. The molecule has 2 aliphatic heterocycles. The highest BCUT2D eigenvalue weighted by atomic mass is 35.5. The predicted molar refractivity (Wildman–Crippen MR) is 96.7 cm³/mol. The number of amides is 1. The lowest BCUT2D eigenvalue weighted by atomic mass is 9.84. The monoisotopic (exact) mass is 367 g/mol. The smallest absolute Gasteiger partial charge is 0.231 e. The first-order valence-electron chi connectivity index (χ1n) is 8.22. The fraction of sp³-hybridized carbons (Fsp3) is 0.158. The van der Waals surface area contributed by atoms with Crippen molar-refractivity contribution in [3.63, 3.8) is 0 Å². The van der Waals surface area contributed by atoms with Crippen LogP contribution in [0.4, 0.5) is 5.82 Å². The normalized spacial score (nSPS) is 17.7. The zero-order chi connectivity index (χ0) is 17.7. The summed E-state index contributed by atoms with van der Waals surface area (Å²) in [5.74, 6) is 1.80. The molecule has 0 radical (unpaired) electrons. The topological polar surface area (TPSA) is 76.2 Å². The number of carbonyl (C=O) groups excluding carboxylic acids is 1. The van der Waals surface area contributed by atoms with Crippen LogP contribution >= 0.6 is 11.6 Å². The molecule has 1 amide bonds. The van der Waals surface area contributed by atoms with Crippen LogP contribution < -0.4 is 14.8 Å². The number of H-pyrrole nitrogens is 1. The van der Waals surface area contributed by atoms with Gasteiger partial charge < -0.3 is 14.8 Å². The summed E-state index contributed by atoms with van der Waals surface area (Å²) in [6.45, 7) is 0.219. The van der Waals surface area contributed by atoms with E-state index in [2.05, 4.69) is 15.5 Å². The molecule has 0 bridgehead atoms. The van der Waals surface area contributed by atoms with Gasteiger partial charge >= 0.3 is 0 Å². The van der Waals surface area contributed by atoms with Gasteiger partial charge in [0.1, 0.15) is 0 Å². The van der Waals surface area contributed by atoms with Crippen LogP contribution in [-0.4, -0.2) is 22.9 Å². The average molecular weight is 368 g/mol. The van der Waals surface area contributed by atoms with Crippen molar-refractivity contribution in [1.29, 1.82) is 0 Å². The van der Waals surface area contributed by atoms with E-state index in [4.69, 9.17) is 21.1 Å². The molecular formula is C19H14ClN3O3. The predicted octanol–water partition coefficient (Wildman–Crippen LogP) is 3.93. The van der Waals surface area contributed by atoms with Gasteiger partial charge in [0.2, 0.25) is 12.7 Å². The van der Waals surface area contributed by atoms with Gasteiger partial charge in [0.05, 0.1) is 5.69 Å². The second kappa shape index (κ2) is 5.78. The number of carbonyl (C=O) groups is 1. The standard InChI is InChI=1S/C19H14ClN3O3/c20-12-4-1-10(2-5-12)18-17-13(8-16(24)21-19(17)23-22-18)11-3-6-14-15(7-11)26-9-25-14/h1-7,13H,8-9H2,(H2,21,22,23,24)/t13-/m0/s1. The van der Waals surface area contributed by atoms with Crippen LogP contribution in [0.15, 0.2) is 42.5 Å². The minimum Gasteiger partial charge on any atom is -0.454 e. The van der Waals surface area contributed by atoms with Crippen molar-refractivity contribution < 1.29 is 14.3 Å². The van der Waals surface area contributed by atoms with Gasteiger partial charge in [-0.05, 0) is 29.8 Å². The van der Waals surface area contributed by atoms with Gasteiger partial charge in [-0.15, -0.1) is 0 Å². The van der Waals surface area contributed by atoms with Crippen LogP contribution in [0.3, 0.4) is 0 Å². The van der Waals surface area contributed by atoms with Crippen LogP contribution in [0.5, 0.6) is 11.5 Å². The maximum Gasteiger partial charge on any atom is 0.231 e. The lowest BCUT2D eigenvalue weighted by molar-refractivity contribution is -0.116. The molecule has 0 spiro atoms. The van der Waals surface area contributed by atoms with Crippen molar-refractivity contribution >= 4 is 23.3 Å². The molecule has 0 unspecified atom stereocenters. The first-order valence-corrected chi connectivity index (χ1v) is 8.60. The number of aromatic nitrogens is 2. The number of halogens is 1. The Kier molecular flexibility index (Phi) is 3.39. The highest BCUT2D eigenvalue weighted by Gasteiger charge is 2.32. The summed E-state index contributed by atoms with van der Waals surface area (Å²) in [5, 5.41) is 10.9. The summed E-state index contributed by atoms with van der Waals surface area (Å²) >= 11 is 6.01. The minimum atomic E-state index is -0.127. The molecule has 2 N–H and O–H groups in total. The van der Waals surface area contributed by atoms with Crippen LogP contribution in [0.25, 0.3) is 11.3 Å². The molecule has 5 rings (SSSR count). The average Bonchev–Trinajstić information content (AvgIpc) is 3.27. The van der Waals surface area contributed by atoms with E-state index in [0.29, 0.717) is 23.0 Å². The molecule has 2 aromatic carbocycles. The molecule has 0 aliphatic carbocycles. The molecule has 130 valence electrons. The maximum absolute atomic E-state index is 12.2. The molecule has 26 heavy (non-hydrogen) atoms. The summed E-state index contributed by atoms with van der Waals surface area (Å²) in [4.78, 5) is 12.2. The first kappa shape index (κ1) is 15.3. The summed E-state index contributed by atoms with van der Waals surface area (Å²) in [6, 6.07) is 13.3. The number of nitrogens with one attached hydrogen (secondary N) is 2. The number of rotatable bonds is 2. The van der Waals surface area contributed by atoms with Crippen LogP contribution in [0, 0.1) is 0 Å². The van der Waals surface area contributed by atoms with Crippen LogP contribution in [-0.2, 0) is 4.79 Å². The Labute approximate surface area is 154 Å². The molecule has 1 aromatic heterocycles. The fourth-order valence-electron chi connectivity index (χ4n) is 3.51. The van der Waals surface area contributed by atoms with Gasteiger partial charge in [0.15, 0.2) is 17.3 Å². The molecule has 0 fully saturated rings. The maximum atomic E-state index is 12.2. The number of hydrogen-bond donors (Lipinski definition) is 2. The Morgan fingerprint density at radius 2 is 1.88 bits per heavy atom. The van der Waals surface area contributed by atoms with E-state index in [1.54, 1.807) is 0 Å². The number of anilines is 1. The molecule has 6 nitrogen and oxygen atoms in total. The summed E-state index contributed by atoms with van der Waals surface area (Å²) in [7, 11) is 0. The Morgan fingerprint density at radius 1 is 1.08 bits per heavy atom. The van der Waals surface area contributed by atoms with Gasteiger partial charge in [-0.3, -0.25) is 9.89 Å². The second-order valence-electron chi connectivity index (χ2n) is 6.29. The summed E-state index contributed by atoms with van der Waals surface area (Å²) in [5.41, 5.74) is 3.79. The molecular weight excluding hydrogens is 354 g/mol. The van der Waals surface area contributed by atoms with Crippen molar-refractivity contribution in [2.75, 3.05) is 12.1 Å². The van der Waals surface area contributed by atoms with Gasteiger partial charge in [0, 0.05) is 28.5 Å². The lowest BCUT2D eigenvalue weighted by Gasteiger charge is -2.23. The molecule has 0 saturated carbocycles. The number of ether oxygens (including phenoxy) is 2. The first-order chi connectivity index (χ1) is 12.7. The van der Waals surface area contributed by atoms with E-state index in [9.17, 15) is 4.79 Å².